The van der Waals surface area contributed by atoms with Crippen LogP contribution < -0.4 is 0 Å². The summed E-state index contributed by atoms with van der Waals surface area (Å²) in [6, 6.07) is -1.42. The Morgan fingerprint density at radius 2 is 0.646 bits per heavy atom. The molecule has 0 aliphatic heterocycles. The first-order valence-corrected chi connectivity index (χ1v) is 20.6. The van der Waals surface area contributed by atoms with E-state index in [0.717, 1.165) is 43.4 Å². The van der Waals surface area contributed by atoms with E-state index in [2.05, 4.69) is 13.8 Å². The number of nitrogens with zero attached hydrogens (tertiary/aromatic N) is 1. The molecule has 1 atom stereocenters. The molecule has 48 heavy (non-hydrogen) atoms. The van der Waals surface area contributed by atoms with Gasteiger partial charge in [0.05, 0.1) is 0 Å². The second-order valence-electron chi connectivity index (χ2n) is 14.3. The molecule has 282 valence electrons. The standard InChI is InChI=1S/C41H77NO6/c1-3-5-7-9-11-13-15-17-19-21-23-25-27-29-31-33-38(43)42(37(41(47)48)35-36-40(45)46)39(44)34-32-30-28-26-24-22-20-18-16-14-12-10-8-6-4-2/h37H,3-36H2,1-2H3,(H,45,46)(H,47,48). The Labute approximate surface area is 295 Å². The minimum absolute atomic E-state index is 0.125. The molecule has 0 saturated carbocycles. The highest BCUT2D eigenvalue weighted by molar-refractivity contribution is 5.99. The average molecular weight is 680 g/mol. The van der Waals surface area contributed by atoms with Gasteiger partial charge in [-0.3, -0.25) is 19.3 Å². The molecule has 0 aromatic carbocycles. The van der Waals surface area contributed by atoms with Crippen LogP contribution in [0.4, 0.5) is 0 Å². The molecule has 7 heteroatoms. The van der Waals surface area contributed by atoms with Gasteiger partial charge in [-0.05, 0) is 19.3 Å². The maximum Gasteiger partial charge on any atom is 0.326 e. The molecule has 0 aromatic rings. The lowest BCUT2D eigenvalue weighted by molar-refractivity contribution is -0.159. The number of amides is 2. The first kappa shape index (κ1) is 46.1. The lowest BCUT2D eigenvalue weighted by Gasteiger charge is -2.27. The third-order valence-electron chi connectivity index (χ3n) is 9.75. The van der Waals surface area contributed by atoms with Gasteiger partial charge in [0.15, 0.2) is 0 Å². The molecule has 0 aliphatic rings. The van der Waals surface area contributed by atoms with Crippen molar-refractivity contribution >= 4 is 23.8 Å². The summed E-state index contributed by atoms with van der Waals surface area (Å²) in [5.41, 5.74) is 0. The van der Waals surface area contributed by atoms with Gasteiger partial charge in [0.25, 0.3) is 0 Å². The van der Waals surface area contributed by atoms with Crippen molar-refractivity contribution < 1.29 is 29.4 Å². The Hall–Kier alpha value is -1.92. The molecular weight excluding hydrogens is 602 g/mol. The van der Waals surface area contributed by atoms with Gasteiger partial charge in [0.2, 0.25) is 11.8 Å². The van der Waals surface area contributed by atoms with Crippen LogP contribution in [0.25, 0.3) is 0 Å². The van der Waals surface area contributed by atoms with Crippen molar-refractivity contribution in [3.05, 3.63) is 0 Å². The number of carboxylic acids is 2. The summed E-state index contributed by atoms with van der Waals surface area (Å²) in [6.07, 6.45) is 35.9. The summed E-state index contributed by atoms with van der Waals surface area (Å²) in [6.45, 7) is 4.50. The SMILES string of the molecule is CCCCCCCCCCCCCCCCCC(=O)N(C(=O)CCCCCCCCCCCCCCCCC)C(CCC(=O)O)C(=O)O. The van der Waals surface area contributed by atoms with Crippen molar-refractivity contribution in [2.24, 2.45) is 0 Å². The molecule has 0 rings (SSSR count). The zero-order chi connectivity index (χ0) is 35.5. The number of carbonyl (C=O) groups is 4. The van der Waals surface area contributed by atoms with Crippen molar-refractivity contribution in [2.45, 2.75) is 238 Å². The van der Waals surface area contributed by atoms with Crippen molar-refractivity contribution in [2.75, 3.05) is 0 Å². The van der Waals surface area contributed by atoms with Crippen LogP contribution in [-0.2, 0) is 19.2 Å². The summed E-state index contributed by atoms with van der Waals surface area (Å²) in [5, 5.41) is 18.9. The van der Waals surface area contributed by atoms with Crippen LogP contribution in [0.2, 0.25) is 0 Å². The lowest BCUT2D eigenvalue weighted by Crippen LogP contribution is -2.48. The number of hydrogen-bond acceptors (Lipinski definition) is 4. The van der Waals surface area contributed by atoms with E-state index in [4.69, 9.17) is 5.11 Å². The number of carboxylic acid groups (broad SMARTS) is 2. The monoisotopic (exact) mass is 680 g/mol. The van der Waals surface area contributed by atoms with Gasteiger partial charge >= 0.3 is 11.9 Å². The Morgan fingerprint density at radius 3 is 0.875 bits per heavy atom. The first-order valence-electron chi connectivity index (χ1n) is 20.6. The van der Waals surface area contributed by atoms with Crippen molar-refractivity contribution in [3.63, 3.8) is 0 Å². The highest BCUT2D eigenvalue weighted by Gasteiger charge is 2.34. The molecule has 0 aromatic heterocycles. The number of aliphatic carboxylic acids is 2. The predicted molar refractivity (Wildman–Crippen MR) is 199 cm³/mol. The maximum atomic E-state index is 13.2. The van der Waals surface area contributed by atoms with E-state index in [0.29, 0.717) is 12.8 Å². The zero-order valence-corrected chi connectivity index (χ0v) is 31.6. The highest BCUT2D eigenvalue weighted by atomic mass is 16.4. The predicted octanol–water partition coefficient (Wildman–Crippen LogP) is 12.2. The third-order valence-corrected chi connectivity index (χ3v) is 9.75. The van der Waals surface area contributed by atoms with Crippen LogP contribution in [-0.4, -0.2) is 44.9 Å². The van der Waals surface area contributed by atoms with E-state index in [1.807, 2.05) is 0 Å². The zero-order valence-electron chi connectivity index (χ0n) is 31.6. The molecule has 0 spiro atoms. The molecule has 0 heterocycles. The molecule has 2 amide bonds. The fourth-order valence-electron chi connectivity index (χ4n) is 6.65. The van der Waals surface area contributed by atoms with Gasteiger partial charge in [-0.2, -0.15) is 0 Å². The Balaban J connectivity index is 4.30. The molecule has 0 bridgehead atoms. The molecule has 0 fully saturated rings. The smallest absolute Gasteiger partial charge is 0.326 e. The van der Waals surface area contributed by atoms with Gasteiger partial charge in [0, 0.05) is 19.3 Å². The van der Waals surface area contributed by atoms with Crippen LogP contribution in [0.15, 0.2) is 0 Å². The Bertz CT molecular complexity index is 739. The summed E-state index contributed by atoms with van der Waals surface area (Å²) >= 11 is 0. The number of carbonyl (C=O) groups excluding carboxylic acids is 2. The molecule has 7 nitrogen and oxygen atoms in total. The number of hydrogen-bond donors (Lipinski definition) is 2. The molecule has 2 N–H and O–H groups in total. The molecule has 0 aliphatic carbocycles. The second kappa shape index (κ2) is 34.9. The average Bonchev–Trinajstić information content (AvgIpc) is 3.06. The van der Waals surface area contributed by atoms with Crippen LogP contribution in [0.5, 0.6) is 0 Å². The van der Waals surface area contributed by atoms with Gasteiger partial charge in [-0.15, -0.1) is 0 Å². The molecule has 0 saturated heterocycles. The molecular formula is C41H77NO6. The van der Waals surface area contributed by atoms with Crippen molar-refractivity contribution in [1.82, 2.24) is 4.90 Å². The number of rotatable bonds is 37. The minimum atomic E-state index is -1.42. The second-order valence-corrected chi connectivity index (χ2v) is 14.3. The Kier molecular flexibility index (Phi) is 33.5. The fraction of sp³-hybridized carbons (Fsp3) is 0.902. The van der Waals surface area contributed by atoms with E-state index in [-0.39, 0.29) is 19.3 Å². The molecule has 1 unspecified atom stereocenters. The van der Waals surface area contributed by atoms with Crippen LogP contribution >= 0.6 is 0 Å². The van der Waals surface area contributed by atoms with E-state index < -0.39 is 36.2 Å². The van der Waals surface area contributed by atoms with E-state index in [1.54, 1.807) is 0 Å². The summed E-state index contributed by atoms with van der Waals surface area (Å²) < 4.78 is 0. The van der Waals surface area contributed by atoms with Crippen LogP contribution in [0.1, 0.15) is 232 Å². The quantitative estimate of drug-likeness (QED) is 0.0632. The molecule has 0 radical (unpaired) electrons. The maximum absolute atomic E-state index is 13.2. The van der Waals surface area contributed by atoms with E-state index >= 15 is 0 Å². The lowest BCUT2D eigenvalue weighted by atomic mass is 10.0. The van der Waals surface area contributed by atoms with Gasteiger partial charge in [-0.25, -0.2) is 4.79 Å². The largest absolute Gasteiger partial charge is 0.481 e. The number of unbranched alkanes of at least 4 members (excludes halogenated alkanes) is 28. The topological polar surface area (TPSA) is 112 Å². The summed E-state index contributed by atoms with van der Waals surface area (Å²) in [5.74, 6) is -3.40. The van der Waals surface area contributed by atoms with Crippen LogP contribution in [0.3, 0.4) is 0 Å². The van der Waals surface area contributed by atoms with E-state index in [1.165, 1.54) is 141 Å². The normalized spacial score (nSPS) is 11.9. The number of imide groups is 1. The van der Waals surface area contributed by atoms with E-state index in [9.17, 15) is 24.3 Å². The summed E-state index contributed by atoms with van der Waals surface area (Å²) in [4.78, 5) is 50.4. The highest BCUT2D eigenvalue weighted by Crippen LogP contribution is 2.19. The van der Waals surface area contributed by atoms with Crippen molar-refractivity contribution in [1.29, 1.82) is 0 Å². The minimum Gasteiger partial charge on any atom is -0.481 e. The third kappa shape index (κ3) is 29.0. The van der Waals surface area contributed by atoms with Gasteiger partial charge < -0.3 is 10.2 Å². The first-order chi connectivity index (χ1) is 23.3. The van der Waals surface area contributed by atoms with Crippen molar-refractivity contribution in [3.8, 4) is 0 Å². The van der Waals surface area contributed by atoms with Gasteiger partial charge in [0.1, 0.15) is 6.04 Å². The Morgan fingerprint density at radius 1 is 0.396 bits per heavy atom. The van der Waals surface area contributed by atoms with Gasteiger partial charge in [-0.1, -0.05) is 194 Å². The van der Waals surface area contributed by atoms with Crippen LogP contribution in [0, 0.1) is 0 Å². The summed E-state index contributed by atoms with van der Waals surface area (Å²) in [7, 11) is 0. The fourth-order valence-corrected chi connectivity index (χ4v) is 6.65.